The summed E-state index contributed by atoms with van der Waals surface area (Å²) in [7, 11) is 0. The van der Waals surface area contributed by atoms with Crippen molar-refractivity contribution in [2.24, 2.45) is 11.7 Å². The Morgan fingerprint density at radius 1 is 1.29 bits per heavy atom. The first-order chi connectivity index (χ1) is 11.1. The fourth-order valence-electron chi connectivity index (χ4n) is 2.82. The number of carbonyl (C=O) groups is 2. The molecular formula is C17H25BrClN3O2. The molecule has 1 unspecified atom stereocenters. The summed E-state index contributed by atoms with van der Waals surface area (Å²) in [6.45, 7) is 2.20. The first-order valence-electron chi connectivity index (χ1n) is 8.10. The van der Waals surface area contributed by atoms with E-state index in [-0.39, 0.29) is 30.1 Å². The highest BCUT2D eigenvalue weighted by Crippen LogP contribution is 2.18. The molecule has 1 atom stereocenters. The van der Waals surface area contributed by atoms with Crippen LogP contribution < -0.4 is 11.1 Å². The maximum absolute atomic E-state index is 12.4. The molecule has 2 rings (SSSR count). The first-order valence-corrected chi connectivity index (χ1v) is 8.89. The summed E-state index contributed by atoms with van der Waals surface area (Å²) in [5.74, 6) is 0.0389. The summed E-state index contributed by atoms with van der Waals surface area (Å²) in [6.07, 6.45) is 2.93. The van der Waals surface area contributed by atoms with Gasteiger partial charge in [0.1, 0.15) is 0 Å². The fraction of sp³-hybridized carbons (Fsp3) is 0.529. The van der Waals surface area contributed by atoms with Gasteiger partial charge in [-0.25, -0.2) is 0 Å². The lowest BCUT2D eigenvalue weighted by Gasteiger charge is -2.32. The highest BCUT2D eigenvalue weighted by atomic mass is 79.9. The summed E-state index contributed by atoms with van der Waals surface area (Å²) in [5, 5.41) is 2.82. The highest BCUT2D eigenvalue weighted by molar-refractivity contribution is 9.10. The Labute approximate surface area is 157 Å². The van der Waals surface area contributed by atoms with Gasteiger partial charge in [0.2, 0.25) is 11.8 Å². The summed E-state index contributed by atoms with van der Waals surface area (Å²) in [4.78, 5) is 26.2. The zero-order valence-corrected chi connectivity index (χ0v) is 16.1. The molecule has 5 nitrogen and oxygen atoms in total. The standard InChI is InChI=1S/C17H24BrN3O2.ClH/c18-15-6-3-13(4-7-15)5-8-16(22)21-11-1-2-14(12-21)17(23)20-10-9-19;/h3-4,6-7,14H,1-2,5,8-12,19H2,(H,20,23);1H. The van der Waals surface area contributed by atoms with Crippen LogP contribution in [0.2, 0.25) is 0 Å². The summed E-state index contributed by atoms with van der Waals surface area (Å²) < 4.78 is 1.04. The van der Waals surface area contributed by atoms with Crippen LogP contribution in [0.25, 0.3) is 0 Å². The minimum absolute atomic E-state index is 0. The number of likely N-dealkylation sites (tertiary alicyclic amines) is 1. The van der Waals surface area contributed by atoms with Crippen molar-refractivity contribution in [3.05, 3.63) is 34.3 Å². The molecule has 0 aromatic heterocycles. The van der Waals surface area contributed by atoms with Gasteiger partial charge in [-0.15, -0.1) is 12.4 Å². The zero-order chi connectivity index (χ0) is 16.7. The molecule has 7 heteroatoms. The fourth-order valence-corrected chi connectivity index (χ4v) is 3.08. The number of amides is 2. The second kappa shape index (κ2) is 10.7. The van der Waals surface area contributed by atoms with Gasteiger partial charge >= 0.3 is 0 Å². The topological polar surface area (TPSA) is 75.4 Å². The molecule has 134 valence electrons. The third kappa shape index (κ3) is 6.42. The molecule has 0 aliphatic carbocycles. The Bertz CT molecular complexity index is 539. The molecule has 24 heavy (non-hydrogen) atoms. The summed E-state index contributed by atoms with van der Waals surface area (Å²) in [5.41, 5.74) is 6.55. The molecule has 2 amide bonds. The van der Waals surface area contributed by atoms with E-state index < -0.39 is 0 Å². The minimum Gasteiger partial charge on any atom is -0.355 e. The molecule has 1 fully saturated rings. The number of piperidine rings is 1. The van der Waals surface area contributed by atoms with Crippen LogP contribution in [-0.2, 0) is 16.0 Å². The quantitative estimate of drug-likeness (QED) is 0.743. The van der Waals surface area contributed by atoms with Gasteiger partial charge in [-0.05, 0) is 37.0 Å². The smallest absolute Gasteiger partial charge is 0.224 e. The summed E-state index contributed by atoms with van der Waals surface area (Å²) in [6, 6.07) is 8.02. The number of benzene rings is 1. The Hall–Kier alpha value is -1.11. The molecule has 0 bridgehead atoms. The molecule has 1 aromatic rings. The van der Waals surface area contributed by atoms with Crippen molar-refractivity contribution in [1.82, 2.24) is 10.2 Å². The van der Waals surface area contributed by atoms with Crippen LogP contribution in [0, 0.1) is 5.92 Å². The molecule has 0 radical (unpaired) electrons. The number of carbonyl (C=O) groups excluding carboxylic acids is 2. The lowest BCUT2D eigenvalue weighted by molar-refractivity contribution is -0.135. The average Bonchev–Trinajstić information content (AvgIpc) is 2.59. The number of halogens is 2. The Morgan fingerprint density at radius 3 is 2.67 bits per heavy atom. The van der Waals surface area contributed by atoms with Crippen molar-refractivity contribution in [2.75, 3.05) is 26.2 Å². The van der Waals surface area contributed by atoms with Crippen LogP contribution in [0.15, 0.2) is 28.7 Å². The number of rotatable bonds is 6. The Kier molecular flexibility index (Phi) is 9.33. The van der Waals surface area contributed by atoms with Crippen molar-refractivity contribution in [2.45, 2.75) is 25.7 Å². The van der Waals surface area contributed by atoms with Gasteiger partial charge in [0.25, 0.3) is 0 Å². The van der Waals surface area contributed by atoms with Crippen molar-refractivity contribution in [3.8, 4) is 0 Å². The van der Waals surface area contributed by atoms with Gasteiger partial charge in [-0.2, -0.15) is 0 Å². The van der Waals surface area contributed by atoms with Gasteiger partial charge in [-0.1, -0.05) is 28.1 Å². The SMILES string of the molecule is Cl.NCCNC(=O)C1CCCN(C(=O)CCc2ccc(Br)cc2)C1. The zero-order valence-electron chi connectivity index (χ0n) is 13.7. The summed E-state index contributed by atoms with van der Waals surface area (Å²) >= 11 is 3.41. The van der Waals surface area contributed by atoms with E-state index in [4.69, 9.17) is 5.73 Å². The van der Waals surface area contributed by atoms with E-state index >= 15 is 0 Å². The monoisotopic (exact) mass is 417 g/mol. The van der Waals surface area contributed by atoms with Gasteiger partial charge in [0, 0.05) is 37.1 Å². The highest BCUT2D eigenvalue weighted by Gasteiger charge is 2.27. The normalized spacial score (nSPS) is 17.1. The van der Waals surface area contributed by atoms with Crippen molar-refractivity contribution in [1.29, 1.82) is 0 Å². The Balaban J connectivity index is 0.00000288. The maximum atomic E-state index is 12.4. The number of aryl methyl sites for hydroxylation is 1. The van der Waals surface area contributed by atoms with E-state index in [1.165, 1.54) is 0 Å². The van der Waals surface area contributed by atoms with Crippen molar-refractivity contribution < 1.29 is 9.59 Å². The third-order valence-electron chi connectivity index (χ3n) is 4.13. The average molecular weight is 419 g/mol. The predicted octanol–water partition coefficient (Wildman–Crippen LogP) is 2.12. The maximum Gasteiger partial charge on any atom is 0.224 e. The lowest BCUT2D eigenvalue weighted by Crippen LogP contribution is -2.46. The number of nitrogens with one attached hydrogen (secondary N) is 1. The van der Waals surface area contributed by atoms with Crippen molar-refractivity contribution in [3.63, 3.8) is 0 Å². The van der Waals surface area contributed by atoms with Crippen LogP contribution in [0.4, 0.5) is 0 Å². The molecule has 0 saturated carbocycles. The van der Waals surface area contributed by atoms with Gasteiger partial charge in [0.15, 0.2) is 0 Å². The lowest BCUT2D eigenvalue weighted by atomic mass is 9.96. The van der Waals surface area contributed by atoms with E-state index in [9.17, 15) is 9.59 Å². The van der Waals surface area contributed by atoms with Crippen LogP contribution >= 0.6 is 28.3 Å². The molecule has 1 aliphatic heterocycles. The third-order valence-corrected chi connectivity index (χ3v) is 4.66. The van der Waals surface area contributed by atoms with Gasteiger partial charge in [-0.3, -0.25) is 9.59 Å². The first kappa shape index (κ1) is 20.9. The van der Waals surface area contributed by atoms with Crippen LogP contribution in [0.3, 0.4) is 0 Å². The Morgan fingerprint density at radius 2 is 2.00 bits per heavy atom. The van der Waals surface area contributed by atoms with Gasteiger partial charge in [0.05, 0.1) is 5.92 Å². The molecular weight excluding hydrogens is 394 g/mol. The predicted molar refractivity (Wildman–Crippen MR) is 101 cm³/mol. The number of hydrogen-bond donors (Lipinski definition) is 2. The van der Waals surface area contributed by atoms with Crippen molar-refractivity contribution >= 4 is 40.2 Å². The second-order valence-electron chi connectivity index (χ2n) is 5.89. The number of nitrogens with zero attached hydrogens (tertiary/aromatic N) is 1. The van der Waals surface area contributed by atoms with Crippen LogP contribution in [0.5, 0.6) is 0 Å². The molecule has 1 aromatic carbocycles. The van der Waals surface area contributed by atoms with Gasteiger partial charge < -0.3 is 16.0 Å². The van der Waals surface area contributed by atoms with E-state index in [0.717, 1.165) is 35.8 Å². The molecule has 3 N–H and O–H groups in total. The second-order valence-corrected chi connectivity index (χ2v) is 6.80. The molecule has 0 spiro atoms. The van der Waals surface area contributed by atoms with Crippen LogP contribution in [-0.4, -0.2) is 42.9 Å². The van der Waals surface area contributed by atoms with E-state index in [0.29, 0.717) is 26.1 Å². The van der Waals surface area contributed by atoms with E-state index in [1.54, 1.807) is 0 Å². The van der Waals surface area contributed by atoms with Crippen LogP contribution in [0.1, 0.15) is 24.8 Å². The molecule has 1 heterocycles. The molecule has 1 saturated heterocycles. The molecule has 1 aliphatic rings. The minimum atomic E-state index is -0.105. The number of nitrogens with two attached hydrogens (primary N) is 1. The largest absolute Gasteiger partial charge is 0.355 e. The van der Waals surface area contributed by atoms with E-state index in [2.05, 4.69) is 21.2 Å². The van der Waals surface area contributed by atoms with E-state index in [1.807, 2.05) is 29.2 Å². The number of hydrogen-bond acceptors (Lipinski definition) is 3.